The normalized spacial score (nSPS) is 11.5. The maximum Gasteiger partial charge on any atom is 0.230 e. The lowest BCUT2D eigenvalue weighted by molar-refractivity contribution is -0.119. The van der Waals surface area contributed by atoms with Crippen LogP contribution in [0.15, 0.2) is 53.0 Å². The van der Waals surface area contributed by atoms with E-state index >= 15 is 0 Å². The quantitative estimate of drug-likeness (QED) is 0.562. The monoisotopic (exact) mass is 414 g/mol. The molecule has 5 nitrogen and oxygen atoms in total. The van der Waals surface area contributed by atoms with E-state index in [1.54, 1.807) is 11.3 Å². The third-order valence-corrected chi connectivity index (χ3v) is 5.86. The number of nitrogens with zero attached hydrogens (tertiary/aromatic N) is 3. The van der Waals surface area contributed by atoms with Gasteiger partial charge >= 0.3 is 0 Å². The minimum Gasteiger partial charge on any atom is -0.351 e. The van der Waals surface area contributed by atoms with Crippen molar-refractivity contribution < 1.29 is 4.79 Å². The Kier molecular flexibility index (Phi) is 6.91. The zero-order valence-electron chi connectivity index (χ0n) is 16.5. The molecule has 0 aliphatic heterocycles. The molecule has 0 aliphatic rings. The number of hydrogen-bond donors (Lipinski definition) is 1. The molecule has 148 valence electrons. The lowest BCUT2D eigenvalue weighted by Crippen LogP contribution is -2.41. The van der Waals surface area contributed by atoms with E-state index in [1.807, 2.05) is 26.8 Å². The van der Waals surface area contributed by atoms with Crippen molar-refractivity contribution in [1.82, 2.24) is 20.1 Å². The molecule has 3 rings (SSSR count). The topological polar surface area (TPSA) is 59.8 Å². The Morgan fingerprint density at radius 3 is 2.61 bits per heavy atom. The van der Waals surface area contributed by atoms with Crippen molar-refractivity contribution in [3.8, 4) is 0 Å². The lowest BCUT2D eigenvalue weighted by Gasteiger charge is -2.20. The van der Waals surface area contributed by atoms with Gasteiger partial charge in [-0.1, -0.05) is 48.2 Å². The summed E-state index contributed by atoms with van der Waals surface area (Å²) >= 11 is 3.17. The molecule has 0 saturated carbocycles. The number of carbonyl (C=O) groups excluding carboxylic acids is 1. The number of nitrogens with one attached hydrogen (secondary N) is 1. The van der Waals surface area contributed by atoms with Crippen molar-refractivity contribution in [3.05, 3.63) is 64.1 Å². The summed E-state index contributed by atoms with van der Waals surface area (Å²) in [6, 6.07) is 14.6. The summed E-state index contributed by atoms with van der Waals surface area (Å²) in [5.74, 6) is 1.28. The van der Waals surface area contributed by atoms with Gasteiger partial charge in [0, 0.05) is 23.4 Å². The number of thioether (sulfide) groups is 1. The van der Waals surface area contributed by atoms with Crippen LogP contribution < -0.4 is 5.32 Å². The highest BCUT2D eigenvalue weighted by atomic mass is 32.2. The molecule has 1 amide bonds. The first kappa shape index (κ1) is 20.6. The molecule has 0 spiro atoms. The number of amides is 1. The van der Waals surface area contributed by atoms with Gasteiger partial charge in [-0.2, -0.15) is 0 Å². The number of hydrogen-bond acceptors (Lipinski definition) is 5. The van der Waals surface area contributed by atoms with Gasteiger partial charge in [-0.3, -0.25) is 4.79 Å². The molecule has 0 radical (unpaired) electrons. The molecule has 0 atom stereocenters. The van der Waals surface area contributed by atoms with E-state index in [4.69, 9.17) is 0 Å². The van der Waals surface area contributed by atoms with E-state index in [9.17, 15) is 4.79 Å². The van der Waals surface area contributed by atoms with Crippen LogP contribution in [0.5, 0.6) is 0 Å². The number of rotatable bonds is 8. The molecule has 3 aromatic rings. The van der Waals surface area contributed by atoms with E-state index in [0.717, 1.165) is 30.4 Å². The van der Waals surface area contributed by atoms with Crippen molar-refractivity contribution in [2.24, 2.45) is 0 Å². The Morgan fingerprint density at radius 1 is 1.14 bits per heavy atom. The van der Waals surface area contributed by atoms with Crippen LogP contribution in [0.1, 0.15) is 37.0 Å². The van der Waals surface area contributed by atoms with Crippen LogP contribution in [0.25, 0.3) is 0 Å². The van der Waals surface area contributed by atoms with Crippen LogP contribution in [0.2, 0.25) is 0 Å². The summed E-state index contributed by atoms with van der Waals surface area (Å²) in [4.78, 5) is 13.5. The Hall–Kier alpha value is -2.12. The molecule has 2 heterocycles. The first-order valence-corrected chi connectivity index (χ1v) is 11.2. The van der Waals surface area contributed by atoms with Gasteiger partial charge < -0.3 is 9.88 Å². The summed E-state index contributed by atoms with van der Waals surface area (Å²) in [6.07, 6.45) is 1.66. The molecule has 0 fully saturated rings. The zero-order valence-corrected chi connectivity index (χ0v) is 18.1. The van der Waals surface area contributed by atoms with Gasteiger partial charge in [0.25, 0.3) is 0 Å². The fraction of sp³-hybridized carbons (Fsp3) is 0.381. The number of thiophene rings is 1. The molecule has 1 aromatic carbocycles. The molecule has 2 aromatic heterocycles. The van der Waals surface area contributed by atoms with Crippen molar-refractivity contribution in [3.63, 3.8) is 0 Å². The van der Waals surface area contributed by atoms with Gasteiger partial charge in [-0.05, 0) is 44.2 Å². The molecular formula is C21H26N4OS2. The van der Waals surface area contributed by atoms with E-state index in [2.05, 4.69) is 61.9 Å². The summed E-state index contributed by atoms with van der Waals surface area (Å²) in [6.45, 7) is 6.74. The molecule has 0 aliphatic carbocycles. The van der Waals surface area contributed by atoms with Crippen molar-refractivity contribution in [2.75, 3.05) is 5.75 Å². The van der Waals surface area contributed by atoms with E-state index in [0.29, 0.717) is 5.75 Å². The molecule has 1 N–H and O–H groups in total. The maximum absolute atomic E-state index is 12.2. The summed E-state index contributed by atoms with van der Waals surface area (Å²) < 4.78 is 2.15. The smallest absolute Gasteiger partial charge is 0.230 e. The van der Waals surface area contributed by atoms with E-state index in [-0.39, 0.29) is 11.4 Å². The van der Waals surface area contributed by atoms with Crippen molar-refractivity contribution in [2.45, 2.75) is 50.9 Å². The number of aryl methyl sites for hydroxylation is 1. The van der Waals surface area contributed by atoms with Gasteiger partial charge in [-0.15, -0.1) is 21.5 Å². The molecule has 7 heteroatoms. The van der Waals surface area contributed by atoms with Crippen LogP contribution >= 0.6 is 23.1 Å². The molecule has 0 bridgehead atoms. The van der Waals surface area contributed by atoms with E-state index < -0.39 is 0 Å². The second-order valence-corrected chi connectivity index (χ2v) is 9.60. The van der Waals surface area contributed by atoms with Crippen LogP contribution in [0.4, 0.5) is 0 Å². The zero-order chi connectivity index (χ0) is 20.0. The van der Waals surface area contributed by atoms with E-state index in [1.165, 1.54) is 22.2 Å². The van der Waals surface area contributed by atoms with Gasteiger partial charge in [0.05, 0.1) is 5.75 Å². The lowest BCUT2D eigenvalue weighted by atomic mass is 10.1. The molecule has 0 saturated heterocycles. The average Bonchev–Trinajstić information content (AvgIpc) is 3.28. The fourth-order valence-corrected chi connectivity index (χ4v) is 4.31. The number of carbonyl (C=O) groups is 1. The standard InChI is InChI=1S/C21H26N4OS2/c1-21(2,3)22-19(26)15-28-20-24-23-18(14-17-10-7-13-27-17)25(20)12-11-16-8-5-4-6-9-16/h4-10,13H,11-12,14-15H2,1-3H3,(H,22,26). The molecule has 28 heavy (non-hydrogen) atoms. The Balaban J connectivity index is 1.72. The summed E-state index contributed by atoms with van der Waals surface area (Å²) in [5, 5.41) is 14.7. The van der Waals surface area contributed by atoms with Crippen LogP contribution in [-0.4, -0.2) is 32.0 Å². The highest BCUT2D eigenvalue weighted by Crippen LogP contribution is 2.21. The number of benzene rings is 1. The fourth-order valence-electron chi connectivity index (χ4n) is 2.82. The first-order chi connectivity index (χ1) is 13.4. The third-order valence-electron chi connectivity index (χ3n) is 4.02. The van der Waals surface area contributed by atoms with Crippen molar-refractivity contribution in [1.29, 1.82) is 0 Å². The number of aromatic nitrogens is 3. The summed E-state index contributed by atoms with van der Waals surface area (Å²) in [5.41, 5.74) is 1.04. The Bertz CT molecular complexity index is 883. The van der Waals surface area contributed by atoms with Gasteiger partial charge in [0.15, 0.2) is 5.16 Å². The SMILES string of the molecule is CC(C)(C)NC(=O)CSc1nnc(Cc2cccs2)n1CCc1ccccc1. The van der Waals surface area contributed by atoms with Crippen LogP contribution in [-0.2, 0) is 24.2 Å². The van der Waals surface area contributed by atoms with Gasteiger partial charge in [0.1, 0.15) is 5.82 Å². The first-order valence-electron chi connectivity index (χ1n) is 9.33. The van der Waals surface area contributed by atoms with Gasteiger partial charge in [-0.25, -0.2) is 0 Å². The van der Waals surface area contributed by atoms with Crippen LogP contribution in [0, 0.1) is 0 Å². The largest absolute Gasteiger partial charge is 0.351 e. The average molecular weight is 415 g/mol. The Morgan fingerprint density at radius 2 is 1.93 bits per heavy atom. The molecular weight excluding hydrogens is 388 g/mol. The highest BCUT2D eigenvalue weighted by molar-refractivity contribution is 7.99. The predicted molar refractivity (Wildman–Crippen MR) is 116 cm³/mol. The van der Waals surface area contributed by atoms with Crippen LogP contribution in [0.3, 0.4) is 0 Å². The third kappa shape index (κ3) is 6.21. The van der Waals surface area contributed by atoms with Crippen molar-refractivity contribution >= 4 is 29.0 Å². The minimum absolute atomic E-state index is 0.00918. The Labute approximate surface area is 174 Å². The second-order valence-electron chi connectivity index (χ2n) is 7.63. The van der Waals surface area contributed by atoms with Gasteiger partial charge in [0.2, 0.25) is 5.91 Å². The highest BCUT2D eigenvalue weighted by Gasteiger charge is 2.17. The predicted octanol–water partition coefficient (Wildman–Crippen LogP) is 4.18. The minimum atomic E-state index is -0.233. The summed E-state index contributed by atoms with van der Waals surface area (Å²) in [7, 11) is 0. The second kappa shape index (κ2) is 9.39. The molecule has 0 unspecified atom stereocenters. The maximum atomic E-state index is 12.2.